The van der Waals surface area contributed by atoms with Crippen LogP contribution in [0.5, 0.6) is 0 Å². The van der Waals surface area contributed by atoms with Crippen molar-refractivity contribution in [1.82, 2.24) is 5.32 Å². The second-order valence-electron chi connectivity index (χ2n) is 5.17. The van der Waals surface area contributed by atoms with Crippen LogP contribution in [-0.4, -0.2) is 17.9 Å². The third-order valence-electron chi connectivity index (χ3n) is 2.89. The Morgan fingerprint density at radius 3 is 2.23 bits per heavy atom. The van der Waals surface area contributed by atoms with Crippen LogP contribution in [0.4, 0.5) is 5.69 Å². The molecule has 0 aliphatic rings. The van der Waals surface area contributed by atoms with Crippen molar-refractivity contribution in [2.24, 2.45) is 0 Å². The summed E-state index contributed by atoms with van der Waals surface area (Å²) in [7, 11) is 0. The zero-order valence-corrected chi connectivity index (χ0v) is 14.5. The van der Waals surface area contributed by atoms with Gasteiger partial charge in [-0.05, 0) is 72.8 Å². The van der Waals surface area contributed by atoms with Gasteiger partial charge in [0.1, 0.15) is 0 Å². The Kier molecular flexibility index (Phi) is 5.54. The number of carbonyl (C=O) groups is 2. The molecule has 2 rings (SSSR count). The normalized spacial score (nSPS) is 10.4. The lowest BCUT2D eigenvalue weighted by Gasteiger charge is -2.10. The van der Waals surface area contributed by atoms with Crippen LogP contribution in [0.25, 0.3) is 0 Å². The van der Waals surface area contributed by atoms with Crippen molar-refractivity contribution in [2.75, 3.05) is 5.32 Å². The summed E-state index contributed by atoms with van der Waals surface area (Å²) >= 11 is 2.16. The zero-order chi connectivity index (χ0) is 16.1. The monoisotopic (exact) mass is 408 g/mol. The van der Waals surface area contributed by atoms with Crippen molar-refractivity contribution in [3.8, 4) is 0 Å². The first kappa shape index (κ1) is 16.5. The highest BCUT2D eigenvalue weighted by Gasteiger charge is 2.10. The Morgan fingerprint density at radius 1 is 0.955 bits per heavy atom. The van der Waals surface area contributed by atoms with Crippen molar-refractivity contribution >= 4 is 40.1 Å². The van der Waals surface area contributed by atoms with Crippen LogP contribution >= 0.6 is 22.6 Å². The van der Waals surface area contributed by atoms with Crippen molar-refractivity contribution in [1.29, 1.82) is 0 Å². The van der Waals surface area contributed by atoms with E-state index < -0.39 is 0 Å². The van der Waals surface area contributed by atoms with E-state index in [9.17, 15) is 9.59 Å². The Balaban J connectivity index is 2.13. The predicted octanol–water partition coefficient (Wildman–Crippen LogP) is 3.68. The molecule has 4 nitrogen and oxygen atoms in total. The van der Waals surface area contributed by atoms with E-state index in [0.717, 1.165) is 3.57 Å². The molecule has 0 unspecified atom stereocenters. The molecule has 0 heterocycles. The van der Waals surface area contributed by atoms with Gasteiger partial charge >= 0.3 is 0 Å². The molecule has 114 valence electrons. The van der Waals surface area contributed by atoms with E-state index in [4.69, 9.17) is 0 Å². The summed E-state index contributed by atoms with van der Waals surface area (Å²) in [5.74, 6) is -0.347. The maximum atomic E-state index is 12.2. The number of hydrogen-bond acceptors (Lipinski definition) is 2. The second kappa shape index (κ2) is 7.40. The third-order valence-corrected chi connectivity index (χ3v) is 3.56. The SMILES string of the molecule is CC(C)NC(=O)c1cccc(NC(=O)c2cccc(I)c2)c1. The predicted molar refractivity (Wildman–Crippen MR) is 96.2 cm³/mol. The maximum Gasteiger partial charge on any atom is 0.255 e. The van der Waals surface area contributed by atoms with E-state index in [1.165, 1.54) is 0 Å². The van der Waals surface area contributed by atoms with Gasteiger partial charge in [0.15, 0.2) is 0 Å². The van der Waals surface area contributed by atoms with Gasteiger partial charge in [-0.2, -0.15) is 0 Å². The molecule has 2 aromatic carbocycles. The zero-order valence-electron chi connectivity index (χ0n) is 12.4. The molecule has 22 heavy (non-hydrogen) atoms. The van der Waals surface area contributed by atoms with Crippen LogP contribution in [0, 0.1) is 3.57 Å². The van der Waals surface area contributed by atoms with Crippen LogP contribution in [0.2, 0.25) is 0 Å². The van der Waals surface area contributed by atoms with Gasteiger partial charge in [0.25, 0.3) is 11.8 Å². The number of halogens is 1. The molecule has 2 amide bonds. The molecule has 0 saturated carbocycles. The molecular formula is C17H17IN2O2. The molecule has 0 fully saturated rings. The van der Waals surface area contributed by atoms with Gasteiger partial charge in [0, 0.05) is 26.4 Å². The average molecular weight is 408 g/mol. The Morgan fingerprint density at radius 2 is 1.59 bits per heavy atom. The number of carbonyl (C=O) groups excluding carboxylic acids is 2. The molecule has 0 aliphatic carbocycles. The second-order valence-corrected chi connectivity index (χ2v) is 6.42. The summed E-state index contributed by atoms with van der Waals surface area (Å²) in [5.41, 5.74) is 1.71. The largest absolute Gasteiger partial charge is 0.350 e. The number of amides is 2. The fraction of sp³-hybridized carbons (Fsp3) is 0.176. The van der Waals surface area contributed by atoms with Gasteiger partial charge < -0.3 is 10.6 Å². The topological polar surface area (TPSA) is 58.2 Å². The van der Waals surface area contributed by atoms with Gasteiger partial charge in [0.2, 0.25) is 0 Å². The van der Waals surface area contributed by atoms with E-state index in [0.29, 0.717) is 16.8 Å². The summed E-state index contributed by atoms with van der Waals surface area (Å²) in [5, 5.41) is 5.64. The molecule has 0 radical (unpaired) electrons. The Hall–Kier alpha value is -1.89. The van der Waals surface area contributed by atoms with Gasteiger partial charge in [0.05, 0.1) is 0 Å². The molecule has 2 N–H and O–H groups in total. The van der Waals surface area contributed by atoms with Crippen LogP contribution < -0.4 is 10.6 Å². The van der Waals surface area contributed by atoms with Crippen molar-refractivity contribution in [3.05, 3.63) is 63.2 Å². The number of rotatable bonds is 4. The molecular weight excluding hydrogens is 391 g/mol. The van der Waals surface area contributed by atoms with Crippen molar-refractivity contribution in [3.63, 3.8) is 0 Å². The molecule has 2 aromatic rings. The van der Waals surface area contributed by atoms with Crippen LogP contribution in [0.15, 0.2) is 48.5 Å². The molecule has 0 saturated heterocycles. The number of anilines is 1. The molecule has 0 aliphatic heterocycles. The first-order chi connectivity index (χ1) is 10.5. The van der Waals surface area contributed by atoms with Crippen LogP contribution in [-0.2, 0) is 0 Å². The summed E-state index contributed by atoms with van der Waals surface area (Å²) in [4.78, 5) is 24.2. The first-order valence-corrected chi connectivity index (χ1v) is 8.01. The molecule has 0 atom stereocenters. The van der Waals surface area contributed by atoms with E-state index in [1.807, 2.05) is 32.0 Å². The summed E-state index contributed by atoms with van der Waals surface area (Å²) in [6, 6.07) is 14.3. The lowest BCUT2D eigenvalue weighted by molar-refractivity contribution is 0.0942. The Bertz CT molecular complexity index is 699. The quantitative estimate of drug-likeness (QED) is 0.759. The fourth-order valence-corrected chi connectivity index (χ4v) is 2.46. The summed E-state index contributed by atoms with van der Waals surface area (Å²) < 4.78 is 0.996. The van der Waals surface area contributed by atoms with Gasteiger partial charge in [-0.15, -0.1) is 0 Å². The summed E-state index contributed by atoms with van der Waals surface area (Å²) in [6.07, 6.45) is 0. The standard InChI is InChI=1S/C17H17IN2O2/c1-11(2)19-16(21)13-6-4-8-15(10-13)20-17(22)12-5-3-7-14(18)9-12/h3-11H,1-2H3,(H,19,21)(H,20,22). The van der Waals surface area contributed by atoms with Gasteiger partial charge in [-0.25, -0.2) is 0 Å². The number of hydrogen-bond donors (Lipinski definition) is 2. The van der Waals surface area contributed by atoms with Crippen molar-refractivity contribution in [2.45, 2.75) is 19.9 Å². The third kappa shape index (κ3) is 4.56. The highest BCUT2D eigenvalue weighted by molar-refractivity contribution is 14.1. The van der Waals surface area contributed by atoms with Crippen LogP contribution in [0.1, 0.15) is 34.6 Å². The fourth-order valence-electron chi connectivity index (χ4n) is 1.92. The van der Waals surface area contributed by atoms with Crippen molar-refractivity contribution < 1.29 is 9.59 Å². The average Bonchev–Trinajstić information content (AvgIpc) is 2.47. The molecule has 0 bridgehead atoms. The van der Waals surface area contributed by atoms with Crippen LogP contribution in [0.3, 0.4) is 0 Å². The Labute approximate surface area is 143 Å². The maximum absolute atomic E-state index is 12.2. The highest BCUT2D eigenvalue weighted by atomic mass is 127. The summed E-state index contributed by atoms with van der Waals surface area (Å²) in [6.45, 7) is 3.81. The molecule has 5 heteroatoms. The van der Waals surface area contributed by atoms with E-state index >= 15 is 0 Å². The lowest BCUT2D eigenvalue weighted by Crippen LogP contribution is -2.30. The first-order valence-electron chi connectivity index (χ1n) is 6.93. The van der Waals surface area contributed by atoms with E-state index in [1.54, 1.807) is 30.3 Å². The number of benzene rings is 2. The molecule has 0 spiro atoms. The van der Waals surface area contributed by atoms with Gasteiger partial charge in [-0.3, -0.25) is 9.59 Å². The minimum Gasteiger partial charge on any atom is -0.350 e. The highest BCUT2D eigenvalue weighted by Crippen LogP contribution is 2.14. The van der Waals surface area contributed by atoms with Gasteiger partial charge in [-0.1, -0.05) is 12.1 Å². The molecule has 0 aromatic heterocycles. The van der Waals surface area contributed by atoms with E-state index in [-0.39, 0.29) is 17.9 Å². The minimum absolute atomic E-state index is 0.0668. The smallest absolute Gasteiger partial charge is 0.255 e. The lowest BCUT2D eigenvalue weighted by atomic mass is 10.1. The van der Waals surface area contributed by atoms with E-state index in [2.05, 4.69) is 33.2 Å². The number of nitrogens with one attached hydrogen (secondary N) is 2. The minimum atomic E-state index is -0.195.